The number of carbonyl (C=O) groups is 1. The Bertz CT molecular complexity index is 159. The number of hydrogen-bond donors (Lipinski definition) is 0. The van der Waals surface area contributed by atoms with Crippen LogP contribution in [0.3, 0.4) is 0 Å². The summed E-state index contributed by atoms with van der Waals surface area (Å²) in [7, 11) is 0. The van der Waals surface area contributed by atoms with Gasteiger partial charge in [-0.05, 0) is 39.0 Å². The maximum absolute atomic E-state index is 10.1. The van der Waals surface area contributed by atoms with E-state index in [1.54, 1.807) is 0 Å². The number of hydrogen-bond acceptors (Lipinski definition) is 1. The molecular formula is C12H22O. The number of rotatable bonds is 7. The van der Waals surface area contributed by atoms with E-state index in [9.17, 15) is 4.79 Å². The van der Waals surface area contributed by atoms with E-state index in [4.69, 9.17) is 0 Å². The Balaban J connectivity index is 3.36. The van der Waals surface area contributed by atoms with Crippen molar-refractivity contribution >= 4 is 6.29 Å². The fourth-order valence-electron chi connectivity index (χ4n) is 1.37. The van der Waals surface area contributed by atoms with Gasteiger partial charge in [0.05, 0.1) is 0 Å². The standard InChI is InChI=1S/C12H22O/c1-4-11(2)7-5-8-12(3)9-6-10-13/h4,10,12H,5-9H2,1-3H3/b11-4+. The first-order valence-corrected chi connectivity index (χ1v) is 5.26. The normalized spacial score (nSPS) is 14.2. The van der Waals surface area contributed by atoms with E-state index in [2.05, 4.69) is 26.8 Å². The molecule has 13 heavy (non-hydrogen) atoms. The molecule has 0 aromatic heterocycles. The van der Waals surface area contributed by atoms with Crippen molar-refractivity contribution in [1.82, 2.24) is 0 Å². The fraction of sp³-hybridized carbons (Fsp3) is 0.750. The van der Waals surface area contributed by atoms with Crippen molar-refractivity contribution in [2.24, 2.45) is 5.92 Å². The molecule has 76 valence electrons. The average Bonchev–Trinajstić information content (AvgIpc) is 2.14. The zero-order valence-electron chi connectivity index (χ0n) is 9.18. The molecule has 0 aromatic carbocycles. The van der Waals surface area contributed by atoms with Gasteiger partial charge >= 0.3 is 0 Å². The Kier molecular flexibility index (Phi) is 7.66. The zero-order chi connectivity index (χ0) is 10.1. The van der Waals surface area contributed by atoms with E-state index < -0.39 is 0 Å². The summed E-state index contributed by atoms with van der Waals surface area (Å²) in [6.45, 7) is 6.50. The molecule has 0 aromatic rings. The van der Waals surface area contributed by atoms with Crippen LogP contribution < -0.4 is 0 Å². The fourth-order valence-corrected chi connectivity index (χ4v) is 1.37. The van der Waals surface area contributed by atoms with E-state index in [0.29, 0.717) is 5.92 Å². The summed E-state index contributed by atoms with van der Waals surface area (Å²) in [4.78, 5) is 10.1. The van der Waals surface area contributed by atoms with E-state index in [1.807, 2.05) is 0 Å². The number of carbonyl (C=O) groups excluding carboxylic acids is 1. The second kappa shape index (κ2) is 8.03. The van der Waals surface area contributed by atoms with Crippen molar-refractivity contribution in [2.75, 3.05) is 0 Å². The van der Waals surface area contributed by atoms with Crippen LogP contribution in [0.5, 0.6) is 0 Å². The topological polar surface area (TPSA) is 17.1 Å². The molecule has 0 heterocycles. The predicted molar refractivity (Wildman–Crippen MR) is 57.7 cm³/mol. The summed E-state index contributed by atoms with van der Waals surface area (Å²) in [5.74, 6) is 0.704. The van der Waals surface area contributed by atoms with Crippen LogP contribution in [0.2, 0.25) is 0 Å². The second-order valence-electron chi connectivity index (χ2n) is 3.88. The first kappa shape index (κ1) is 12.4. The van der Waals surface area contributed by atoms with Crippen LogP contribution in [0.4, 0.5) is 0 Å². The van der Waals surface area contributed by atoms with E-state index in [0.717, 1.165) is 19.1 Å². The van der Waals surface area contributed by atoms with Gasteiger partial charge < -0.3 is 4.79 Å². The van der Waals surface area contributed by atoms with E-state index in [-0.39, 0.29) is 0 Å². The highest BCUT2D eigenvalue weighted by Gasteiger charge is 2.01. The molecule has 0 saturated heterocycles. The zero-order valence-corrected chi connectivity index (χ0v) is 9.18. The van der Waals surface area contributed by atoms with Crippen LogP contribution in [-0.2, 0) is 4.79 Å². The summed E-state index contributed by atoms with van der Waals surface area (Å²) in [6.07, 6.45) is 8.70. The van der Waals surface area contributed by atoms with Gasteiger partial charge in [0.1, 0.15) is 6.29 Å². The minimum absolute atomic E-state index is 0.704. The molecule has 0 fully saturated rings. The molecule has 0 aliphatic carbocycles. The van der Waals surface area contributed by atoms with Crippen LogP contribution in [0, 0.1) is 5.92 Å². The first-order chi connectivity index (χ1) is 6.20. The van der Waals surface area contributed by atoms with Gasteiger partial charge in [-0.3, -0.25) is 0 Å². The van der Waals surface area contributed by atoms with Gasteiger partial charge in [0, 0.05) is 6.42 Å². The molecule has 0 spiro atoms. The molecule has 0 bridgehead atoms. The molecule has 0 aliphatic rings. The molecule has 1 unspecified atom stereocenters. The molecule has 0 rings (SSSR count). The van der Waals surface area contributed by atoms with Gasteiger partial charge in [-0.2, -0.15) is 0 Å². The molecule has 0 radical (unpaired) electrons. The average molecular weight is 182 g/mol. The highest BCUT2D eigenvalue weighted by molar-refractivity contribution is 5.49. The molecule has 0 N–H and O–H groups in total. The van der Waals surface area contributed by atoms with Crippen LogP contribution in [0.1, 0.15) is 52.9 Å². The second-order valence-corrected chi connectivity index (χ2v) is 3.88. The Morgan fingerprint density at radius 1 is 1.38 bits per heavy atom. The number of allylic oxidation sites excluding steroid dienone is 2. The smallest absolute Gasteiger partial charge is 0.120 e. The third-order valence-corrected chi connectivity index (χ3v) is 2.54. The molecule has 1 atom stereocenters. The maximum Gasteiger partial charge on any atom is 0.120 e. The van der Waals surface area contributed by atoms with Gasteiger partial charge in [-0.25, -0.2) is 0 Å². The summed E-state index contributed by atoms with van der Waals surface area (Å²) in [6, 6.07) is 0. The molecule has 1 nitrogen and oxygen atoms in total. The Hall–Kier alpha value is -0.590. The SMILES string of the molecule is C/C=C(\C)CCCC(C)CCC=O. The summed E-state index contributed by atoms with van der Waals surface area (Å²) >= 11 is 0. The van der Waals surface area contributed by atoms with Crippen LogP contribution in [-0.4, -0.2) is 6.29 Å². The highest BCUT2D eigenvalue weighted by atomic mass is 16.1. The summed E-state index contributed by atoms with van der Waals surface area (Å²) in [5.41, 5.74) is 1.47. The maximum atomic E-state index is 10.1. The van der Waals surface area contributed by atoms with Crippen LogP contribution in [0.25, 0.3) is 0 Å². The van der Waals surface area contributed by atoms with Crippen molar-refractivity contribution in [3.05, 3.63) is 11.6 Å². The van der Waals surface area contributed by atoms with Gasteiger partial charge in [-0.1, -0.05) is 25.0 Å². The van der Waals surface area contributed by atoms with Crippen LogP contribution in [0.15, 0.2) is 11.6 Å². The molecule has 0 saturated carbocycles. The van der Waals surface area contributed by atoms with Crippen molar-refractivity contribution in [3.8, 4) is 0 Å². The minimum Gasteiger partial charge on any atom is -0.303 e. The third kappa shape index (κ3) is 7.76. The molecule has 0 amide bonds. The van der Waals surface area contributed by atoms with E-state index in [1.165, 1.54) is 24.8 Å². The van der Waals surface area contributed by atoms with Crippen molar-refractivity contribution in [2.45, 2.75) is 52.9 Å². The lowest BCUT2D eigenvalue weighted by molar-refractivity contribution is -0.108. The molecule has 0 aliphatic heterocycles. The predicted octanol–water partition coefficient (Wildman–Crippen LogP) is 3.74. The lowest BCUT2D eigenvalue weighted by atomic mass is 9.97. The van der Waals surface area contributed by atoms with Crippen molar-refractivity contribution < 1.29 is 4.79 Å². The van der Waals surface area contributed by atoms with Crippen LogP contribution >= 0.6 is 0 Å². The van der Waals surface area contributed by atoms with Gasteiger partial charge in [0.2, 0.25) is 0 Å². The largest absolute Gasteiger partial charge is 0.303 e. The van der Waals surface area contributed by atoms with Gasteiger partial charge in [0.15, 0.2) is 0 Å². The third-order valence-electron chi connectivity index (χ3n) is 2.54. The lowest BCUT2D eigenvalue weighted by Gasteiger charge is -2.08. The highest BCUT2D eigenvalue weighted by Crippen LogP contribution is 2.15. The summed E-state index contributed by atoms with van der Waals surface area (Å²) < 4.78 is 0. The molecule has 1 heteroatoms. The van der Waals surface area contributed by atoms with Gasteiger partial charge in [-0.15, -0.1) is 0 Å². The Morgan fingerprint density at radius 2 is 2.08 bits per heavy atom. The Morgan fingerprint density at radius 3 is 2.62 bits per heavy atom. The van der Waals surface area contributed by atoms with Crippen molar-refractivity contribution in [3.63, 3.8) is 0 Å². The number of aldehydes is 1. The summed E-state index contributed by atoms with van der Waals surface area (Å²) in [5, 5.41) is 0. The molecular weight excluding hydrogens is 160 g/mol. The van der Waals surface area contributed by atoms with Gasteiger partial charge in [0.25, 0.3) is 0 Å². The minimum atomic E-state index is 0.704. The quantitative estimate of drug-likeness (QED) is 0.433. The van der Waals surface area contributed by atoms with E-state index >= 15 is 0 Å². The Labute approximate surface area is 82.2 Å². The van der Waals surface area contributed by atoms with Crippen molar-refractivity contribution in [1.29, 1.82) is 0 Å². The monoisotopic (exact) mass is 182 g/mol. The first-order valence-electron chi connectivity index (χ1n) is 5.26. The lowest BCUT2D eigenvalue weighted by Crippen LogP contribution is -1.95.